The molecule has 5 aromatic rings. The normalized spacial score (nSPS) is 17.6. The number of aryl methyl sites for hydroxylation is 3. The Labute approximate surface area is 300 Å². The van der Waals surface area contributed by atoms with E-state index in [2.05, 4.69) is 11.9 Å². The van der Waals surface area contributed by atoms with E-state index in [9.17, 15) is 9.59 Å². The van der Waals surface area contributed by atoms with E-state index < -0.39 is 34.7 Å². The van der Waals surface area contributed by atoms with Crippen molar-refractivity contribution in [2.24, 2.45) is 4.99 Å². The molecule has 0 aliphatic carbocycles. The first-order chi connectivity index (χ1) is 25.2. The minimum atomic E-state index is -2.52. The Morgan fingerprint density at radius 3 is 1.85 bits per heavy atom. The van der Waals surface area contributed by atoms with Gasteiger partial charge in [-0.15, -0.1) is 0 Å². The summed E-state index contributed by atoms with van der Waals surface area (Å²) in [4.78, 5) is 57.4. The van der Waals surface area contributed by atoms with Gasteiger partial charge in [0.1, 0.15) is 22.6 Å². The molecule has 2 aliphatic rings. The van der Waals surface area contributed by atoms with Gasteiger partial charge in [0.2, 0.25) is 5.90 Å². The van der Waals surface area contributed by atoms with Crippen LogP contribution in [0.15, 0.2) is 113 Å². The van der Waals surface area contributed by atoms with Crippen molar-refractivity contribution in [3.05, 3.63) is 136 Å². The van der Waals surface area contributed by atoms with Crippen LogP contribution < -0.4 is 0 Å². The van der Waals surface area contributed by atoms with E-state index in [1.54, 1.807) is 18.2 Å². The van der Waals surface area contributed by atoms with Gasteiger partial charge in [0.25, 0.3) is 5.78 Å². The molecule has 1 unspecified atom stereocenters. The second kappa shape index (κ2) is 13.7. The Kier molecular flexibility index (Phi) is 8.98. The van der Waals surface area contributed by atoms with Gasteiger partial charge >= 0.3 is 17.7 Å². The van der Waals surface area contributed by atoms with Crippen molar-refractivity contribution in [1.29, 1.82) is 0 Å². The van der Waals surface area contributed by atoms with E-state index in [1.807, 2.05) is 92.7 Å². The summed E-state index contributed by atoms with van der Waals surface area (Å²) < 4.78 is 23.3. The predicted octanol–water partition coefficient (Wildman–Crippen LogP) is 7.30. The molecule has 2 aliphatic heterocycles. The van der Waals surface area contributed by atoms with Crippen LogP contribution in [0.3, 0.4) is 0 Å². The zero-order valence-corrected chi connectivity index (χ0v) is 29.4. The monoisotopic (exact) mass is 693 g/mol. The molecule has 7 rings (SSSR count). The highest BCUT2D eigenvalue weighted by atomic mass is 16.7. The van der Waals surface area contributed by atoms with E-state index in [0.29, 0.717) is 33.5 Å². The molecule has 0 N–H and O–H groups in total. The number of para-hydroxylation sites is 3. The summed E-state index contributed by atoms with van der Waals surface area (Å²) in [5.74, 6) is -5.59. The Morgan fingerprint density at radius 1 is 0.712 bits per heavy atom. The maximum atomic E-state index is 15.4. The minimum absolute atomic E-state index is 0.000157. The van der Waals surface area contributed by atoms with Gasteiger partial charge in [0.15, 0.2) is 0 Å². The molecule has 3 heterocycles. The van der Waals surface area contributed by atoms with Crippen LogP contribution in [0.1, 0.15) is 41.8 Å². The lowest BCUT2D eigenvalue weighted by Gasteiger charge is -2.24. The van der Waals surface area contributed by atoms with Crippen molar-refractivity contribution in [3.63, 3.8) is 0 Å². The van der Waals surface area contributed by atoms with E-state index >= 15 is 4.79 Å². The number of carbonyl (C=O) groups excluding carboxylic acids is 3. The average molecular weight is 694 g/mol. The number of methoxy groups -OCH3 is 2. The van der Waals surface area contributed by atoms with Gasteiger partial charge in [0.05, 0.1) is 42.2 Å². The van der Waals surface area contributed by atoms with Crippen molar-refractivity contribution in [2.75, 3.05) is 14.2 Å². The van der Waals surface area contributed by atoms with Crippen molar-refractivity contribution in [2.45, 2.75) is 39.4 Å². The first-order valence-corrected chi connectivity index (χ1v) is 16.9. The van der Waals surface area contributed by atoms with Gasteiger partial charge in [-0.3, -0.25) is 4.79 Å². The number of benzene rings is 4. The molecule has 52 heavy (non-hydrogen) atoms. The third kappa shape index (κ3) is 5.72. The Morgan fingerprint density at radius 2 is 1.27 bits per heavy atom. The SMILES string of the molecule is CCc1ccc(C2=C(c3nc4ccccc4nc3-c3ccc(CC)cc3)C(=O)C3(OC(=Nc4ccccc4C)C(C(=O)OC)=C3C(=O)OC)O2)cc1. The molecule has 0 amide bonds. The average Bonchev–Trinajstić information content (AvgIpc) is 3.67. The maximum Gasteiger partial charge on any atom is 0.354 e. The summed E-state index contributed by atoms with van der Waals surface area (Å²) in [5.41, 5.74) is 5.45. The first kappa shape index (κ1) is 34.0. The molecular weight excluding hydrogens is 658 g/mol. The van der Waals surface area contributed by atoms with Gasteiger partial charge in [-0.1, -0.05) is 92.7 Å². The van der Waals surface area contributed by atoms with Gasteiger partial charge in [-0.05, 0) is 54.7 Å². The minimum Gasteiger partial charge on any atom is -0.465 e. The molecule has 0 bridgehead atoms. The van der Waals surface area contributed by atoms with Gasteiger partial charge in [0, 0.05) is 11.1 Å². The fraction of sp³-hybridized carbons (Fsp3) is 0.190. The van der Waals surface area contributed by atoms with E-state index in [1.165, 1.54) is 0 Å². The number of rotatable bonds is 8. The molecule has 1 aromatic heterocycles. The van der Waals surface area contributed by atoms with Crippen molar-refractivity contribution in [3.8, 4) is 11.3 Å². The number of hydrogen-bond acceptors (Lipinski definition) is 10. The molecule has 260 valence electrons. The summed E-state index contributed by atoms with van der Waals surface area (Å²) in [6.45, 7) is 5.93. The topological polar surface area (TPSA) is 126 Å². The number of ether oxygens (including phenoxy) is 4. The van der Waals surface area contributed by atoms with Gasteiger partial charge in [-0.25, -0.2) is 24.5 Å². The highest BCUT2D eigenvalue weighted by molar-refractivity contribution is 6.38. The fourth-order valence-electron chi connectivity index (χ4n) is 6.34. The van der Waals surface area contributed by atoms with E-state index in [-0.39, 0.29) is 22.9 Å². The summed E-state index contributed by atoms with van der Waals surface area (Å²) in [6, 6.07) is 29.8. The molecule has 1 atom stereocenters. The smallest absolute Gasteiger partial charge is 0.354 e. The van der Waals surface area contributed by atoms with Crippen LogP contribution in [0.5, 0.6) is 0 Å². The zero-order valence-electron chi connectivity index (χ0n) is 29.4. The number of esters is 2. The number of aromatic nitrogens is 2. The Hall–Kier alpha value is -6.42. The van der Waals surface area contributed by atoms with Crippen LogP contribution in [0.2, 0.25) is 0 Å². The largest absolute Gasteiger partial charge is 0.465 e. The summed E-state index contributed by atoms with van der Waals surface area (Å²) in [6.07, 6.45) is 1.62. The first-order valence-electron chi connectivity index (χ1n) is 16.9. The molecule has 0 fully saturated rings. The number of nitrogens with zero attached hydrogens (tertiary/aromatic N) is 3. The van der Waals surface area contributed by atoms with Crippen molar-refractivity contribution < 1.29 is 33.3 Å². The van der Waals surface area contributed by atoms with Crippen LogP contribution in [0, 0.1) is 6.92 Å². The highest BCUT2D eigenvalue weighted by Gasteiger charge is 2.65. The quantitative estimate of drug-likeness (QED) is 0.154. The summed E-state index contributed by atoms with van der Waals surface area (Å²) >= 11 is 0. The lowest BCUT2D eigenvalue weighted by Crippen LogP contribution is -2.43. The van der Waals surface area contributed by atoms with Crippen LogP contribution in [0.4, 0.5) is 5.69 Å². The molecule has 0 saturated heterocycles. The number of Topliss-reactive ketones (excluding diaryl/α,β-unsaturated/α-hetero) is 1. The molecule has 4 aromatic carbocycles. The summed E-state index contributed by atoms with van der Waals surface area (Å²) in [5, 5.41) is 0. The second-order valence-electron chi connectivity index (χ2n) is 12.3. The fourth-order valence-corrected chi connectivity index (χ4v) is 6.34. The second-order valence-corrected chi connectivity index (χ2v) is 12.3. The molecule has 1 spiro atoms. The third-order valence-electron chi connectivity index (χ3n) is 9.22. The number of ketones is 1. The summed E-state index contributed by atoms with van der Waals surface area (Å²) in [7, 11) is 2.29. The number of hydrogen-bond donors (Lipinski definition) is 0. The van der Waals surface area contributed by atoms with Gasteiger partial charge in [-0.2, -0.15) is 0 Å². The zero-order chi connectivity index (χ0) is 36.6. The highest BCUT2D eigenvalue weighted by Crippen LogP contribution is 2.51. The van der Waals surface area contributed by atoms with E-state index in [4.69, 9.17) is 28.9 Å². The predicted molar refractivity (Wildman–Crippen MR) is 196 cm³/mol. The van der Waals surface area contributed by atoms with E-state index in [0.717, 1.165) is 43.8 Å². The van der Waals surface area contributed by atoms with Crippen LogP contribution >= 0.6 is 0 Å². The van der Waals surface area contributed by atoms with Crippen LogP contribution in [-0.4, -0.2) is 53.6 Å². The Balaban J connectivity index is 1.53. The molecular formula is C42H35N3O7. The van der Waals surface area contributed by atoms with Crippen LogP contribution in [-0.2, 0) is 46.2 Å². The maximum absolute atomic E-state index is 15.4. The van der Waals surface area contributed by atoms with Crippen LogP contribution in [0.25, 0.3) is 33.6 Å². The van der Waals surface area contributed by atoms with Crippen molar-refractivity contribution in [1.82, 2.24) is 9.97 Å². The lowest BCUT2D eigenvalue weighted by molar-refractivity contribution is -0.158. The molecule has 0 saturated carbocycles. The number of fused-ring (bicyclic) bond motifs is 1. The number of aliphatic imine (C=N–C) groups is 1. The lowest BCUT2D eigenvalue weighted by atomic mass is 9.91. The molecule has 10 nitrogen and oxygen atoms in total. The van der Waals surface area contributed by atoms with Crippen molar-refractivity contribution >= 4 is 51.7 Å². The number of carbonyl (C=O) groups is 3. The third-order valence-corrected chi connectivity index (χ3v) is 9.22. The van der Waals surface area contributed by atoms with Gasteiger partial charge < -0.3 is 18.9 Å². The molecule has 0 radical (unpaired) electrons. The molecule has 10 heteroatoms. The standard InChI is InChI=1S/C42H35N3O7/c1-6-25-16-20-27(21-17-25)35-36(44-31-15-11-10-14-30(31)43-35)33-37(28-22-18-26(7-2)19-23-28)51-42(38(33)46)34(41(48)50-5)32(40(47)49-4)39(52-42)45-29-13-9-8-12-24(29)3/h8-23H,6-7H2,1-5H3. The Bertz CT molecular complexity index is 2360.